The lowest BCUT2D eigenvalue weighted by atomic mass is 9.91. The summed E-state index contributed by atoms with van der Waals surface area (Å²) in [5, 5.41) is 21.7. The second-order valence-corrected chi connectivity index (χ2v) is 11.0. The molecular formula is C31H43N5O7. The molecule has 0 unspecified atom stereocenters. The first-order valence-electron chi connectivity index (χ1n) is 14.8. The third kappa shape index (κ3) is 7.81. The van der Waals surface area contributed by atoms with Crippen molar-refractivity contribution in [3.05, 3.63) is 53.9 Å². The number of likely N-dealkylation sites (tertiary alicyclic amines) is 1. The van der Waals surface area contributed by atoms with Crippen LogP contribution in [0.25, 0.3) is 11.3 Å². The predicted octanol–water partition coefficient (Wildman–Crippen LogP) is 3.43. The van der Waals surface area contributed by atoms with E-state index in [1.54, 1.807) is 16.9 Å². The highest BCUT2D eigenvalue weighted by atomic mass is 16.7. The number of carbonyl (C=O) groups excluding carboxylic acids is 2. The number of aromatic nitrogens is 3. The molecule has 0 aliphatic carbocycles. The molecule has 1 aliphatic heterocycles. The van der Waals surface area contributed by atoms with Crippen molar-refractivity contribution in [2.24, 2.45) is 13.0 Å². The quantitative estimate of drug-likeness (QED) is 0.267. The lowest BCUT2D eigenvalue weighted by Crippen LogP contribution is -2.48. The van der Waals surface area contributed by atoms with Crippen LogP contribution in [0.3, 0.4) is 0 Å². The second kappa shape index (κ2) is 14.6. The van der Waals surface area contributed by atoms with Crippen molar-refractivity contribution in [2.75, 3.05) is 26.4 Å². The number of hydrogen-bond donors (Lipinski definition) is 2. The van der Waals surface area contributed by atoms with Gasteiger partial charge in [-0.15, -0.1) is 0 Å². The maximum atomic E-state index is 13.9. The smallest absolute Gasteiger partial charge is 0.254 e. The molecule has 2 aromatic heterocycles. The Morgan fingerprint density at radius 2 is 1.81 bits per heavy atom. The Morgan fingerprint density at radius 3 is 2.42 bits per heavy atom. The summed E-state index contributed by atoms with van der Waals surface area (Å²) in [4.78, 5) is 28.8. The maximum absolute atomic E-state index is 13.9. The molecule has 12 nitrogen and oxygen atoms in total. The first-order chi connectivity index (χ1) is 20.6. The number of ether oxygens (including phenoxy) is 3. The Morgan fingerprint density at radius 1 is 1.12 bits per heavy atom. The van der Waals surface area contributed by atoms with Crippen LogP contribution in [-0.4, -0.2) is 81.6 Å². The Bertz CT molecular complexity index is 1330. The van der Waals surface area contributed by atoms with E-state index in [-0.39, 0.29) is 49.2 Å². The molecule has 43 heavy (non-hydrogen) atoms. The zero-order chi connectivity index (χ0) is 31.1. The number of benzene rings is 1. The summed E-state index contributed by atoms with van der Waals surface area (Å²) in [6, 6.07) is 10.3. The van der Waals surface area contributed by atoms with Gasteiger partial charge < -0.3 is 34.1 Å². The molecule has 0 bridgehead atoms. The number of aliphatic hydroxyl groups excluding tert-OH is 1. The van der Waals surface area contributed by atoms with Crippen LogP contribution in [0.4, 0.5) is 0 Å². The molecule has 4 rings (SSSR count). The highest BCUT2D eigenvalue weighted by molar-refractivity contribution is 5.91. The number of nitrogens with zero attached hydrogens (tertiary/aromatic N) is 4. The SMILES string of the molecule is CCOC(COc1cc([C@@H](C(=O)N2C[C@H](O)C[C@H]2C(=O)N[C@@H](C)c2ccc(-c3ccnn3C)cc2)C(C)C)on1)OCC. The van der Waals surface area contributed by atoms with E-state index in [0.717, 1.165) is 16.8 Å². The van der Waals surface area contributed by atoms with E-state index >= 15 is 0 Å². The fourth-order valence-corrected chi connectivity index (χ4v) is 5.37. The largest absolute Gasteiger partial charge is 0.470 e. The lowest BCUT2D eigenvalue weighted by Gasteiger charge is -2.29. The summed E-state index contributed by atoms with van der Waals surface area (Å²) < 4.78 is 24.0. The van der Waals surface area contributed by atoms with Gasteiger partial charge in [0, 0.05) is 45.5 Å². The van der Waals surface area contributed by atoms with Crippen molar-refractivity contribution in [1.29, 1.82) is 0 Å². The fraction of sp³-hybridized carbons (Fsp3) is 0.548. The first kappa shape index (κ1) is 32.2. The van der Waals surface area contributed by atoms with Crippen LogP contribution in [0.15, 0.2) is 47.1 Å². The summed E-state index contributed by atoms with van der Waals surface area (Å²) in [5.41, 5.74) is 2.92. The summed E-state index contributed by atoms with van der Waals surface area (Å²) in [6.45, 7) is 10.5. The van der Waals surface area contributed by atoms with Gasteiger partial charge in [0.2, 0.25) is 11.8 Å². The van der Waals surface area contributed by atoms with Gasteiger partial charge in [-0.3, -0.25) is 14.3 Å². The van der Waals surface area contributed by atoms with E-state index < -0.39 is 24.4 Å². The highest BCUT2D eigenvalue weighted by Crippen LogP contribution is 2.33. The molecule has 12 heteroatoms. The summed E-state index contributed by atoms with van der Waals surface area (Å²) in [7, 11) is 1.89. The van der Waals surface area contributed by atoms with Crippen molar-refractivity contribution >= 4 is 11.8 Å². The summed E-state index contributed by atoms with van der Waals surface area (Å²) in [5.74, 6) is -1.01. The van der Waals surface area contributed by atoms with Crippen molar-refractivity contribution in [1.82, 2.24) is 25.2 Å². The average molecular weight is 598 g/mol. The van der Waals surface area contributed by atoms with Crippen molar-refractivity contribution < 1.29 is 33.4 Å². The molecule has 2 amide bonds. The van der Waals surface area contributed by atoms with Crippen molar-refractivity contribution in [3.63, 3.8) is 0 Å². The Hall–Kier alpha value is -3.74. The average Bonchev–Trinajstić information content (AvgIpc) is 3.72. The van der Waals surface area contributed by atoms with Crippen LogP contribution in [0, 0.1) is 5.92 Å². The maximum Gasteiger partial charge on any atom is 0.254 e. The monoisotopic (exact) mass is 597 g/mol. The van der Waals surface area contributed by atoms with Crippen LogP contribution < -0.4 is 10.1 Å². The van der Waals surface area contributed by atoms with Crippen molar-refractivity contribution in [2.45, 2.75) is 71.4 Å². The molecule has 0 spiro atoms. The fourth-order valence-electron chi connectivity index (χ4n) is 5.37. The van der Waals surface area contributed by atoms with E-state index in [1.165, 1.54) is 4.90 Å². The van der Waals surface area contributed by atoms with Gasteiger partial charge >= 0.3 is 0 Å². The van der Waals surface area contributed by atoms with E-state index in [9.17, 15) is 14.7 Å². The molecule has 3 aromatic rings. The molecule has 4 atom stereocenters. The zero-order valence-corrected chi connectivity index (χ0v) is 25.7. The molecule has 0 saturated carbocycles. The molecule has 0 radical (unpaired) electrons. The van der Waals surface area contributed by atoms with Gasteiger partial charge in [-0.2, -0.15) is 5.10 Å². The normalized spacial score (nSPS) is 18.3. The minimum Gasteiger partial charge on any atom is -0.470 e. The number of rotatable bonds is 14. The molecular weight excluding hydrogens is 554 g/mol. The molecule has 1 aliphatic rings. The van der Waals surface area contributed by atoms with E-state index in [0.29, 0.717) is 19.0 Å². The second-order valence-electron chi connectivity index (χ2n) is 11.0. The number of hydrogen-bond acceptors (Lipinski definition) is 9. The van der Waals surface area contributed by atoms with Crippen LogP contribution in [0.1, 0.15) is 64.3 Å². The van der Waals surface area contributed by atoms with Crippen LogP contribution in [0.2, 0.25) is 0 Å². The van der Waals surface area contributed by atoms with Gasteiger partial charge in [-0.05, 0) is 49.0 Å². The summed E-state index contributed by atoms with van der Waals surface area (Å²) in [6.07, 6.45) is 0.527. The zero-order valence-electron chi connectivity index (χ0n) is 25.7. The van der Waals surface area contributed by atoms with Gasteiger partial charge in [0.05, 0.1) is 17.8 Å². The van der Waals surface area contributed by atoms with Crippen molar-refractivity contribution in [3.8, 4) is 17.1 Å². The lowest BCUT2D eigenvalue weighted by molar-refractivity contribution is -0.153. The van der Waals surface area contributed by atoms with E-state index in [2.05, 4.69) is 15.6 Å². The Labute approximate surface area is 252 Å². The number of nitrogens with one attached hydrogen (secondary N) is 1. The molecule has 2 N–H and O–H groups in total. The standard InChI is InChI=1S/C31H43N5O7/c1-7-40-28(41-8-2)18-42-27-16-26(43-34-27)29(19(3)4)31(39)36-17-23(37)15-25(36)30(38)33-20(5)21-9-11-22(12-10-21)24-13-14-32-35(24)6/h9-14,16,19-20,23,25,28-29,37H,7-8,15,17-18H2,1-6H3,(H,33,38)/t20-,23+,25-,29-/m0/s1. The van der Waals surface area contributed by atoms with Gasteiger partial charge in [0.25, 0.3) is 5.88 Å². The first-order valence-corrected chi connectivity index (χ1v) is 14.8. The topological polar surface area (TPSA) is 141 Å². The molecule has 234 valence electrons. The van der Waals surface area contributed by atoms with E-state index in [4.69, 9.17) is 18.7 Å². The minimum atomic E-state index is -0.822. The number of amides is 2. The molecule has 1 saturated heterocycles. The predicted molar refractivity (Wildman–Crippen MR) is 158 cm³/mol. The molecule has 3 heterocycles. The van der Waals surface area contributed by atoms with Gasteiger partial charge in [-0.1, -0.05) is 38.1 Å². The van der Waals surface area contributed by atoms with Crippen LogP contribution >= 0.6 is 0 Å². The number of carbonyl (C=O) groups is 2. The highest BCUT2D eigenvalue weighted by Gasteiger charge is 2.43. The van der Waals surface area contributed by atoms with Gasteiger partial charge in [0.1, 0.15) is 18.6 Å². The Balaban J connectivity index is 1.43. The third-order valence-electron chi connectivity index (χ3n) is 7.57. The van der Waals surface area contributed by atoms with Gasteiger partial charge in [-0.25, -0.2) is 0 Å². The number of aliphatic hydroxyl groups is 1. The molecule has 1 aromatic carbocycles. The Kier molecular flexibility index (Phi) is 10.9. The van der Waals surface area contributed by atoms with Crippen LogP contribution in [0.5, 0.6) is 5.88 Å². The number of aryl methyl sites for hydroxylation is 1. The summed E-state index contributed by atoms with van der Waals surface area (Å²) >= 11 is 0. The number of β-amino-alcohol motifs (C(OH)–C–C–N with tert-alkyl or cyclic N) is 1. The molecule has 1 fully saturated rings. The van der Waals surface area contributed by atoms with Gasteiger partial charge in [0.15, 0.2) is 12.1 Å². The third-order valence-corrected chi connectivity index (χ3v) is 7.57. The minimum absolute atomic E-state index is 0.0514. The van der Waals surface area contributed by atoms with Crippen LogP contribution in [-0.2, 0) is 26.1 Å². The van der Waals surface area contributed by atoms with E-state index in [1.807, 2.05) is 72.0 Å².